The zero-order valence-electron chi connectivity index (χ0n) is 12.8. The highest BCUT2D eigenvalue weighted by molar-refractivity contribution is 5.65. The molecule has 0 heterocycles. The van der Waals surface area contributed by atoms with Crippen LogP contribution in [0.3, 0.4) is 0 Å². The lowest BCUT2D eigenvalue weighted by Crippen LogP contribution is -2.22. The maximum Gasteiger partial charge on any atom is 0.0531 e. The average Bonchev–Trinajstić information content (AvgIpc) is 2.29. The van der Waals surface area contributed by atoms with Crippen LogP contribution in [0.1, 0.15) is 48.1 Å². The predicted octanol–water partition coefficient (Wildman–Crippen LogP) is 3.80. The van der Waals surface area contributed by atoms with Gasteiger partial charge in [-0.1, -0.05) is 0 Å². The Bertz CT molecular complexity index is 406. The second-order valence-corrected chi connectivity index (χ2v) is 5.63. The molecule has 18 heavy (non-hydrogen) atoms. The van der Waals surface area contributed by atoms with E-state index in [1.54, 1.807) is 0 Å². The molecule has 0 saturated carbocycles. The third kappa shape index (κ3) is 3.05. The van der Waals surface area contributed by atoms with Crippen molar-refractivity contribution in [1.29, 1.82) is 0 Å². The Morgan fingerprint density at radius 2 is 1.22 bits per heavy atom. The molecule has 0 spiro atoms. The molecule has 0 aliphatic carbocycles. The first-order valence-corrected chi connectivity index (χ1v) is 6.77. The highest BCUT2D eigenvalue weighted by atomic mass is 16.3. The van der Waals surface area contributed by atoms with Gasteiger partial charge in [0.1, 0.15) is 0 Å². The van der Waals surface area contributed by atoms with Gasteiger partial charge in [0.25, 0.3) is 0 Å². The molecule has 1 rings (SSSR count). The molecule has 1 aromatic rings. The van der Waals surface area contributed by atoms with Crippen molar-refractivity contribution in [3.05, 3.63) is 27.8 Å². The summed E-state index contributed by atoms with van der Waals surface area (Å²) < 4.78 is 0. The van der Waals surface area contributed by atoms with Crippen LogP contribution in [0.4, 0.5) is 5.69 Å². The summed E-state index contributed by atoms with van der Waals surface area (Å²) in [6.45, 7) is 14.9. The van der Waals surface area contributed by atoms with Gasteiger partial charge in [-0.05, 0) is 82.7 Å². The molecule has 0 amide bonds. The number of aliphatic hydroxyl groups is 1. The molecule has 0 aromatic heterocycles. The van der Waals surface area contributed by atoms with Gasteiger partial charge < -0.3 is 10.4 Å². The van der Waals surface area contributed by atoms with Crippen molar-refractivity contribution in [2.24, 2.45) is 0 Å². The summed E-state index contributed by atoms with van der Waals surface area (Å²) in [6, 6.07) is 0.281. The Morgan fingerprint density at radius 3 is 1.61 bits per heavy atom. The van der Waals surface area contributed by atoms with Crippen LogP contribution in [0.5, 0.6) is 0 Å². The molecule has 102 valence electrons. The van der Waals surface area contributed by atoms with Crippen molar-refractivity contribution in [2.45, 2.75) is 67.0 Å². The molecular weight excluding hydrogens is 222 g/mol. The van der Waals surface area contributed by atoms with Gasteiger partial charge in [0.2, 0.25) is 0 Å². The summed E-state index contributed by atoms with van der Waals surface area (Å²) in [5.74, 6) is 0. The largest absolute Gasteiger partial charge is 0.393 e. The molecule has 0 bridgehead atoms. The van der Waals surface area contributed by atoms with E-state index in [0.29, 0.717) is 0 Å². The van der Waals surface area contributed by atoms with E-state index < -0.39 is 0 Å². The summed E-state index contributed by atoms with van der Waals surface area (Å²) in [4.78, 5) is 0. The van der Waals surface area contributed by atoms with Crippen LogP contribution < -0.4 is 5.32 Å². The third-order valence-corrected chi connectivity index (χ3v) is 4.09. The van der Waals surface area contributed by atoms with E-state index >= 15 is 0 Å². The number of benzene rings is 1. The van der Waals surface area contributed by atoms with Crippen LogP contribution in [0.2, 0.25) is 0 Å². The van der Waals surface area contributed by atoms with Crippen molar-refractivity contribution in [3.8, 4) is 0 Å². The molecule has 0 aliphatic heterocycles. The quantitative estimate of drug-likeness (QED) is 0.850. The van der Waals surface area contributed by atoms with Gasteiger partial charge in [-0.15, -0.1) is 0 Å². The smallest absolute Gasteiger partial charge is 0.0531 e. The minimum Gasteiger partial charge on any atom is -0.393 e. The number of hydrogen-bond donors (Lipinski definition) is 2. The molecule has 0 aliphatic rings. The van der Waals surface area contributed by atoms with Crippen molar-refractivity contribution in [3.63, 3.8) is 0 Å². The standard InChI is InChI=1S/C16H27NO/c1-9(8-10(2)18)17-16-14(6)12(4)11(3)13(5)15(16)7/h9-10,17-18H,8H2,1-7H3. The number of rotatable bonds is 4. The first kappa shape index (κ1) is 15.0. The summed E-state index contributed by atoms with van der Waals surface area (Å²) >= 11 is 0. The summed E-state index contributed by atoms with van der Waals surface area (Å²) in [7, 11) is 0. The minimum absolute atomic E-state index is 0.263. The topological polar surface area (TPSA) is 32.3 Å². The van der Waals surface area contributed by atoms with Crippen LogP contribution in [0.25, 0.3) is 0 Å². The normalized spacial score (nSPS) is 14.4. The molecule has 2 atom stereocenters. The molecule has 0 saturated heterocycles. The molecule has 0 radical (unpaired) electrons. The maximum absolute atomic E-state index is 9.45. The maximum atomic E-state index is 9.45. The Balaban J connectivity index is 3.10. The zero-order valence-corrected chi connectivity index (χ0v) is 12.8. The van der Waals surface area contributed by atoms with E-state index in [-0.39, 0.29) is 12.1 Å². The van der Waals surface area contributed by atoms with Crippen molar-refractivity contribution in [1.82, 2.24) is 0 Å². The van der Waals surface area contributed by atoms with Crippen LogP contribution in [0.15, 0.2) is 0 Å². The number of hydrogen-bond acceptors (Lipinski definition) is 2. The highest BCUT2D eigenvalue weighted by Crippen LogP contribution is 2.30. The predicted molar refractivity (Wildman–Crippen MR) is 79.5 cm³/mol. The molecule has 2 nitrogen and oxygen atoms in total. The van der Waals surface area contributed by atoms with Gasteiger partial charge >= 0.3 is 0 Å². The Hall–Kier alpha value is -1.02. The van der Waals surface area contributed by atoms with Gasteiger partial charge in [0.15, 0.2) is 0 Å². The van der Waals surface area contributed by atoms with E-state index in [1.165, 1.54) is 33.5 Å². The lowest BCUT2D eigenvalue weighted by Gasteiger charge is -2.24. The first-order chi connectivity index (χ1) is 8.25. The second kappa shape index (κ2) is 5.75. The van der Waals surface area contributed by atoms with Gasteiger partial charge in [-0.2, -0.15) is 0 Å². The monoisotopic (exact) mass is 249 g/mol. The van der Waals surface area contributed by atoms with Crippen molar-refractivity contribution < 1.29 is 5.11 Å². The molecule has 2 heteroatoms. The third-order valence-electron chi connectivity index (χ3n) is 4.09. The number of nitrogens with one attached hydrogen (secondary N) is 1. The molecule has 2 unspecified atom stereocenters. The zero-order chi connectivity index (χ0) is 14.0. The summed E-state index contributed by atoms with van der Waals surface area (Å²) in [6.07, 6.45) is 0.506. The van der Waals surface area contributed by atoms with Gasteiger partial charge in [0.05, 0.1) is 6.10 Å². The van der Waals surface area contributed by atoms with Gasteiger partial charge in [0, 0.05) is 11.7 Å². The number of aliphatic hydroxyl groups excluding tert-OH is 1. The molecule has 1 aromatic carbocycles. The fourth-order valence-corrected chi connectivity index (χ4v) is 2.53. The summed E-state index contributed by atoms with van der Waals surface area (Å²) in [5, 5.41) is 13.0. The Morgan fingerprint density at radius 1 is 0.833 bits per heavy atom. The van der Waals surface area contributed by atoms with Crippen LogP contribution in [-0.2, 0) is 0 Å². The van der Waals surface area contributed by atoms with E-state index in [9.17, 15) is 5.11 Å². The van der Waals surface area contributed by atoms with Gasteiger partial charge in [-0.3, -0.25) is 0 Å². The van der Waals surface area contributed by atoms with Crippen molar-refractivity contribution >= 4 is 5.69 Å². The van der Waals surface area contributed by atoms with E-state index in [1.807, 2.05) is 6.92 Å². The lowest BCUT2D eigenvalue weighted by molar-refractivity contribution is 0.179. The van der Waals surface area contributed by atoms with Crippen LogP contribution in [-0.4, -0.2) is 17.3 Å². The lowest BCUT2D eigenvalue weighted by atomic mass is 9.92. The van der Waals surface area contributed by atoms with Gasteiger partial charge in [-0.25, -0.2) is 0 Å². The fourth-order valence-electron chi connectivity index (χ4n) is 2.53. The average molecular weight is 249 g/mol. The SMILES string of the molecule is Cc1c(C)c(C)c(NC(C)CC(C)O)c(C)c1C. The Labute approximate surface area is 111 Å². The van der Waals surface area contributed by atoms with E-state index in [4.69, 9.17) is 0 Å². The second-order valence-electron chi connectivity index (χ2n) is 5.63. The first-order valence-electron chi connectivity index (χ1n) is 6.77. The van der Waals surface area contributed by atoms with Crippen LogP contribution in [0, 0.1) is 34.6 Å². The fraction of sp³-hybridized carbons (Fsp3) is 0.625. The molecule has 2 N–H and O–H groups in total. The molecular formula is C16H27NO. The van der Waals surface area contributed by atoms with Crippen molar-refractivity contribution in [2.75, 3.05) is 5.32 Å². The minimum atomic E-state index is -0.263. The highest BCUT2D eigenvalue weighted by Gasteiger charge is 2.14. The Kier molecular flexibility index (Phi) is 4.80. The molecule has 0 fully saturated rings. The summed E-state index contributed by atoms with van der Waals surface area (Å²) in [5.41, 5.74) is 8.01. The van der Waals surface area contributed by atoms with E-state index in [2.05, 4.69) is 46.9 Å². The van der Waals surface area contributed by atoms with Crippen LogP contribution >= 0.6 is 0 Å². The number of anilines is 1. The van der Waals surface area contributed by atoms with E-state index in [0.717, 1.165) is 6.42 Å².